The van der Waals surface area contributed by atoms with Crippen LogP contribution in [0.3, 0.4) is 0 Å². The molecule has 0 radical (unpaired) electrons. The predicted octanol–water partition coefficient (Wildman–Crippen LogP) is 8.68. The summed E-state index contributed by atoms with van der Waals surface area (Å²) in [4.78, 5) is 12.8. The molecule has 6 nitrogen and oxygen atoms in total. The van der Waals surface area contributed by atoms with Gasteiger partial charge in [0.15, 0.2) is 0 Å². The topological polar surface area (TPSA) is 77.8 Å². The SMILES string of the molecule is CCCc1ccc(-c2ccc(OCC3CCC(C(=O)Oc4ccc(OCCCCCCOC)cc4)CC3)cc2C=N)cc1. The second-order valence-corrected chi connectivity index (χ2v) is 11.5. The molecule has 1 saturated carbocycles. The van der Waals surface area contributed by atoms with E-state index in [1.54, 1.807) is 19.2 Å². The quantitative estimate of drug-likeness (QED) is 0.0742. The number of methoxy groups -OCH3 is 1. The third-order valence-corrected chi connectivity index (χ3v) is 8.20. The zero-order chi connectivity index (χ0) is 30.3. The van der Waals surface area contributed by atoms with Gasteiger partial charge < -0.3 is 24.4 Å². The monoisotopic (exact) mass is 585 g/mol. The van der Waals surface area contributed by atoms with Crippen LogP contribution in [0.15, 0.2) is 66.7 Å². The van der Waals surface area contributed by atoms with Crippen molar-refractivity contribution in [3.8, 4) is 28.4 Å². The molecule has 0 spiro atoms. The summed E-state index contributed by atoms with van der Waals surface area (Å²) < 4.78 is 22.7. The lowest BCUT2D eigenvalue weighted by Crippen LogP contribution is -2.27. The molecule has 0 aliphatic heterocycles. The van der Waals surface area contributed by atoms with Gasteiger partial charge in [0.1, 0.15) is 17.2 Å². The molecule has 3 aromatic rings. The van der Waals surface area contributed by atoms with E-state index in [1.807, 2.05) is 30.3 Å². The molecule has 6 heteroatoms. The number of carbonyl (C=O) groups is 1. The van der Waals surface area contributed by atoms with Crippen molar-refractivity contribution in [3.05, 3.63) is 77.9 Å². The van der Waals surface area contributed by atoms with Gasteiger partial charge in [0.2, 0.25) is 0 Å². The van der Waals surface area contributed by atoms with E-state index in [4.69, 9.17) is 24.4 Å². The Labute approximate surface area is 257 Å². The highest BCUT2D eigenvalue weighted by molar-refractivity contribution is 5.89. The predicted molar refractivity (Wildman–Crippen MR) is 173 cm³/mol. The summed E-state index contributed by atoms with van der Waals surface area (Å²) in [7, 11) is 1.73. The van der Waals surface area contributed by atoms with Crippen LogP contribution in [0.5, 0.6) is 17.2 Å². The fourth-order valence-corrected chi connectivity index (χ4v) is 5.63. The van der Waals surface area contributed by atoms with Gasteiger partial charge in [-0.25, -0.2) is 0 Å². The first kappa shape index (κ1) is 32.3. The van der Waals surface area contributed by atoms with Crippen molar-refractivity contribution in [2.24, 2.45) is 11.8 Å². The number of ether oxygens (including phenoxy) is 4. The van der Waals surface area contributed by atoms with E-state index < -0.39 is 0 Å². The van der Waals surface area contributed by atoms with Gasteiger partial charge >= 0.3 is 5.97 Å². The fraction of sp³-hybridized carbons (Fsp3) is 0.459. The van der Waals surface area contributed by atoms with Crippen LogP contribution in [0.4, 0.5) is 0 Å². The molecule has 1 N–H and O–H groups in total. The average Bonchev–Trinajstić information content (AvgIpc) is 3.05. The number of nitrogens with one attached hydrogen (secondary N) is 1. The van der Waals surface area contributed by atoms with Crippen LogP contribution in [0.25, 0.3) is 11.1 Å². The van der Waals surface area contributed by atoms with Crippen molar-refractivity contribution in [2.75, 3.05) is 26.9 Å². The van der Waals surface area contributed by atoms with Crippen molar-refractivity contribution >= 4 is 12.2 Å². The van der Waals surface area contributed by atoms with Crippen LogP contribution in [-0.2, 0) is 16.0 Å². The summed E-state index contributed by atoms with van der Waals surface area (Å²) in [5.74, 6) is 2.29. The minimum Gasteiger partial charge on any atom is -0.494 e. The smallest absolute Gasteiger partial charge is 0.314 e. The van der Waals surface area contributed by atoms with Crippen LogP contribution in [0.1, 0.15) is 75.8 Å². The zero-order valence-electron chi connectivity index (χ0n) is 25.8. The largest absolute Gasteiger partial charge is 0.494 e. The molecule has 1 aliphatic carbocycles. The number of hydrogen-bond donors (Lipinski definition) is 1. The van der Waals surface area contributed by atoms with Gasteiger partial charge in [-0.3, -0.25) is 4.79 Å². The van der Waals surface area contributed by atoms with Crippen LogP contribution < -0.4 is 14.2 Å². The Kier molecular flexibility index (Phi) is 13.1. The van der Waals surface area contributed by atoms with Gasteiger partial charge in [-0.15, -0.1) is 0 Å². The van der Waals surface area contributed by atoms with E-state index in [0.717, 1.165) is 99.0 Å². The number of unbranched alkanes of at least 4 members (excludes halogenated alkanes) is 3. The number of benzene rings is 3. The molecule has 0 amide bonds. The van der Waals surface area contributed by atoms with E-state index in [9.17, 15) is 4.79 Å². The molecule has 0 unspecified atom stereocenters. The summed E-state index contributed by atoms with van der Waals surface area (Å²) in [5, 5.41) is 7.94. The van der Waals surface area contributed by atoms with Crippen LogP contribution in [0.2, 0.25) is 0 Å². The highest BCUT2D eigenvalue weighted by Gasteiger charge is 2.28. The summed E-state index contributed by atoms with van der Waals surface area (Å²) in [5.41, 5.74) is 4.33. The van der Waals surface area contributed by atoms with Gasteiger partial charge in [-0.2, -0.15) is 0 Å². The maximum atomic E-state index is 12.8. The van der Waals surface area contributed by atoms with Crippen LogP contribution in [-0.4, -0.2) is 39.1 Å². The van der Waals surface area contributed by atoms with Crippen molar-refractivity contribution in [2.45, 2.75) is 71.1 Å². The Hall–Kier alpha value is -3.64. The highest BCUT2D eigenvalue weighted by Crippen LogP contribution is 2.32. The number of esters is 1. The molecule has 43 heavy (non-hydrogen) atoms. The van der Waals surface area contributed by atoms with Crippen LogP contribution in [0, 0.1) is 17.2 Å². The molecular weight excluding hydrogens is 538 g/mol. The standard InChI is InChI=1S/C37H47NO5/c1-3-8-28-9-13-30(14-10-28)36-22-21-35(25-32(36)26-38)42-27-29-11-15-31(16-12-29)37(39)43-34-19-17-33(18-20-34)41-24-7-5-4-6-23-40-2/h9-10,13-14,17-22,25-26,29,31,38H,3-8,11-12,15-16,23-24,27H2,1-2H3. The summed E-state index contributed by atoms with van der Waals surface area (Å²) in [6.07, 6.45) is 11.4. The maximum absolute atomic E-state index is 12.8. The molecule has 0 bridgehead atoms. The fourth-order valence-electron chi connectivity index (χ4n) is 5.63. The number of carbonyl (C=O) groups excluding carboxylic acids is 1. The van der Waals surface area contributed by atoms with Gasteiger partial charge in [0.05, 0.1) is 19.1 Å². The minimum absolute atomic E-state index is 0.0854. The first-order valence-electron chi connectivity index (χ1n) is 15.9. The van der Waals surface area contributed by atoms with Crippen LogP contribution >= 0.6 is 0 Å². The van der Waals surface area contributed by atoms with Gasteiger partial charge in [-0.1, -0.05) is 50.1 Å². The van der Waals surface area contributed by atoms with Crippen molar-refractivity contribution in [1.29, 1.82) is 5.41 Å². The molecular formula is C37H47NO5. The summed E-state index contributed by atoms with van der Waals surface area (Å²) >= 11 is 0. The normalized spacial score (nSPS) is 16.4. The average molecular weight is 586 g/mol. The molecule has 0 aromatic heterocycles. The van der Waals surface area contributed by atoms with E-state index in [-0.39, 0.29) is 11.9 Å². The molecule has 0 heterocycles. The van der Waals surface area contributed by atoms with E-state index in [2.05, 4.69) is 31.2 Å². The number of rotatable bonds is 17. The lowest BCUT2D eigenvalue weighted by atomic mass is 9.82. The maximum Gasteiger partial charge on any atom is 0.314 e. The van der Waals surface area contributed by atoms with Crippen molar-refractivity contribution in [1.82, 2.24) is 0 Å². The summed E-state index contributed by atoms with van der Waals surface area (Å²) in [6, 6.07) is 21.9. The first-order chi connectivity index (χ1) is 21.1. The molecule has 230 valence electrons. The lowest BCUT2D eigenvalue weighted by molar-refractivity contribution is -0.140. The third-order valence-electron chi connectivity index (χ3n) is 8.20. The first-order valence-corrected chi connectivity index (χ1v) is 15.9. The Morgan fingerprint density at radius 3 is 2.16 bits per heavy atom. The van der Waals surface area contributed by atoms with E-state index in [0.29, 0.717) is 24.9 Å². The molecule has 4 rings (SSSR count). The number of hydrogen-bond acceptors (Lipinski definition) is 6. The molecule has 3 aromatic carbocycles. The van der Waals surface area contributed by atoms with E-state index >= 15 is 0 Å². The second-order valence-electron chi connectivity index (χ2n) is 11.5. The second kappa shape index (κ2) is 17.5. The lowest BCUT2D eigenvalue weighted by Gasteiger charge is -2.27. The molecule has 0 atom stereocenters. The molecule has 0 saturated heterocycles. The number of aryl methyl sites for hydroxylation is 1. The Balaban J connectivity index is 1.17. The Morgan fingerprint density at radius 2 is 1.49 bits per heavy atom. The van der Waals surface area contributed by atoms with Crippen molar-refractivity contribution in [3.63, 3.8) is 0 Å². The third kappa shape index (κ3) is 10.2. The molecule has 1 aliphatic rings. The highest BCUT2D eigenvalue weighted by atomic mass is 16.5. The summed E-state index contributed by atoms with van der Waals surface area (Å²) in [6.45, 7) is 4.29. The molecule has 1 fully saturated rings. The Morgan fingerprint density at radius 1 is 0.814 bits per heavy atom. The van der Waals surface area contributed by atoms with E-state index in [1.165, 1.54) is 11.8 Å². The van der Waals surface area contributed by atoms with Gasteiger partial charge in [0, 0.05) is 25.5 Å². The zero-order valence-corrected chi connectivity index (χ0v) is 25.8. The van der Waals surface area contributed by atoms with Crippen molar-refractivity contribution < 1.29 is 23.7 Å². The Bertz CT molecular complexity index is 1260. The minimum atomic E-state index is -0.155. The van der Waals surface area contributed by atoms with Gasteiger partial charge in [-0.05, 0) is 110 Å². The van der Waals surface area contributed by atoms with Gasteiger partial charge in [0.25, 0.3) is 0 Å².